The van der Waals surface area contributed by atoms with E-state index < -0.39 is 0 Å². The molecular weight excluding hydrogens is 240 g/mol. The van der Waals surface area contributed by atoms with Gasteiger partial charge < -0.3 is 0 Å². The molecule has 1 aliphatic rings. The van der Waals surface area contributed by atoms with Gasteiger partial charge in [-0.25, -0.2) is 0 Å². The largest absolute Gasteiger partial charge is 0.0701 e. The first-order valence-electron chi connectivity index (χ1n) is 7.39. The van der Waals surface area contributed by atoms with Crippen LogP contribution in [0.3, 0.4) is 0 Å². The first-order chi connectivity index (χ1) is 9.42. The van der Waals surface area contributed by atoms with E-state index in [2.05, 4.69) is 76.2 Å². The summed E-state index contributed by atoms with van der Waals surface area (Å²) in [5.74, 6) is 0. The normalized spacial score (nSPS) is 19.2. The monoisotopic (exact) mass is 260 g/mol. The smallest absolute Gasteiger partial charge is 0.00113 e. The Bertz CT molecular complexity index is 879. The van der Waals surface area contributed by atoms with Crippen LogP contribution in [-0.4, -0.2) is 0 Å². The summed E-state index contributed by atoms with van der Waals surface area (Å²) in [6.07, 6.45) is 2.46. The Kier molecular flexibility index (Phi) is 2.05. The molecule has 0 aromatic heterocycles. The second-order valence-electron chi connectivity index (χ2n) is 7.21. The van der Waals surface area contributed by atoms with Gasteiger partial charge in [-0.2, -0.15) is 0 Å². The molecule has 0 saturated heterocycles. The summed E-state index contributed by atoms with van der Waals surface area (Å²) in [4.78, 5) is 0. The maximum atomic E-state index is 2.46. The Hall–Kier alpha value is -1.82. The Morgan fingerprint density at radius 1 is 0.700 bits per heavy atom. The van der Waals surface area contributed by atoms with Gasteiger partial charge in [-0.1, -0.05) is 76.2 Å². The first kappa shape index (κ1) is 12.0. The highest BCUT2D eigenvalue weighted by molar-refractivity contribution is 6.12. The van der Waals surface area contributed by atoms with Crippen molar-refractivity contribution in [2.24, 2.45) is 5.41 Å². The standard InChI is InChI=1S/C20H20/c1-19(2)12-15-9-8-13-6-5-7-14-10-11-16(20(19,3)4)18(15)17(13)14/h5-12H,1-4H3. The topological polar surface area (TPSA) is 0 Å². The highest BCUT2D eigenvalue weighted by Crippen LogP contribution is 2.47. The quantitative estimate of drug-likeness (QED) is 0.544. The number of hydrogen-bond donors (Lipinski definition) is 0. The molecule has 0 aliphatic heterocycles. The highest BCUT2D eigenvalue weighted by Gasteiger charge is 2.40. The van der Waals surface area contributed by atoms with E-state index in [-0.39, 0.29) is 10.8 Å². The third-order valence-electron chi connectivity index (χ3n) is 5.61. The van der Waals surface area contributed by atoms with Crippen molar-refractivity contribution in [3.63, 3.8) is 0 Å². The lowest BCUT2D eigenvalue weighted by molar-refractivity contribution is 0.289. The van der Waals surface area contributed by atoms with Crippen LogP contribution in [0.2, 0.25) is 0 Å². The van der Waals surface area contributed by atoms with Crippen LogP contribution in [0.5, 0.6) is 0 Å². The summed E-state index contributed by atoms with van der Waals surface area (Å²) in [7, 11) is 0. The van der Waals surface area contributed by atoms with Crippen LogP contribution < -0.4 is 5.22 Å². The van der Waals surface area contributed by atoms with Gasteiger partial charge in [0.2, 0.25) is 0 Å². The number of hydrogen-bond acceptors (Lipinski definition) is 0. The molecule has 0 heteroatoms. The molecule has 0 unspecified atom stereocenters. The van der Waals surface area contributed by atoms with Crippen LogP contribution in [0.4, 0.5) is 0 Å². The van der Waals surface area contributed by atoms with Gasteiger partial charge >= 0.3 is 0 Å². The number of rotatable bonds is 0. The predicted octanol–water partition coefficient (Wildman–Crippen LogP) is 4.81. The lowest BCUT2D eigenvalue weighted by Gasteiger charge is -2.43. The van der Waals surface area contributed by atoms with Crippen molar-refractivity contribution < 1.29 is 0 Å². The summed E-state index contributed by atoms with van der Waals surface area (Å²) >= 11 is 0. The fourth-order valence-corrected chi connectivity index (χ4v) is 3.67. The second-order valence-corrected chi connectivity index (χ2v) is 7.21. The Labute approximate surface area is 120 Å². The third kappa shape index (κ3) is 1.27. The summed E-state index contributed by atoms with van der Waals surface area (Å²) < 4.78 is 0. The van der Waals surface area contributed by atoms with Crippen LogP contribution in [0.1, 0.15) is 33.3 Å². The van der Waals surface area contributed by atoms with Gasteiger partial charge in [-0.15, -0.1) is 0 Å². The molecule has 0 spiro atoms. The van der Waals surface area contributed by atoms with Crippen molar-refractivity contribution in [1.82, 2.24) is 0 Å². The maximum absolute atomic E-state index is 2.46. The molecule has 0 N–H and O–H groups in total. The van der Waals surface area contributed by atoms with E-state index >= 15 is 0 Å². The molecule has 3 aromatic carbocycles. The van der Waals surface area contributed by atoms with Crippen molar-refractivity contribution >= 4 is 27.6 Å². The molecule has 20 heavy (non-hydrogen) atoms. The Morgan fingerprint density at radius 3 is 2.05 bits per heavy atom. The van der Waals surface area contributed by atoms with Crippen molar-refractivity contribution in [3.05, 3.63) is 53.2 Å². The minimum atomic E-state index is 0.151. The molecule has 0 bridgehead atoms. The van der Waals surface area contributed by atoms with E-state index in [0.717, 1.165) is 0 Å². The van der Waals surface area contributed by atoms with Crippen molar-refractivity contribution in [2.45, 2.75) is 33.1 Å². The van der Waals surface area contributed by atoms with Crippen LogP contribution in [0, 0.1) is 5.41 Å². The molecule has 0 amide bonds. The molecule has 3 aromatic rings. The first-order valence-corrected chi connectivity index (χ1v) is 7.39. The van der Waals surface area contributed by atoms with Crippen LogP contribution in [-0.2, 0) is 5.41 Å². The SMILES string of the molecule is CC1(C)C=c2ccc3cccc4ccc(c2c43)C1(C)C. The summed E-state index contributed by atoms with van der Waals surface area (Å²) in [5.41, 5.74) is 1.81. The van der Waals surface area contributed by atoms with Crippen molar-refractivity contribution in [1.29, 1.82) is 0 Å². The molecule has 4 rings (SSSR count). The zero-order chi connectivity index (χ0) is 14.1. The molecular formula is C20H20. The van der Waals surface area contributed by atoms with Gasteiger partial charge in [0.25, 0.3) is 0 Å². The molecule has 0 nitrogen and oxygen atoms in total. The third-order valence-corrected chi connectivity index (χ3v) is 5.61. The number of benzene rings is 3. The zero-order valence-electron chi connectivity index (χ0n) is 12.6. The Morgan fingerprint density at radius 2 is 1.35 bits per heavy atom. The zero-order valence-corrected chi connectivity index (χ0v) is 12.6. The van der Waals surface area contributed by atoms with Crippen LogP contribution in [0.15, 0.2) is 42.5 Å². The maximum Gasteiger partial charge on any atom is -0.00113 e. The lowest BCUT2D eigenvalue weighted by atomic mass is 9.60. The average molecular weight is 260 g/mol. The van der Waals surface area contributed by atoms with E-state index in [0.29, 0.717) is 0 Å². The fourth-order valence-electron chi connectivity index (χ4n) is 3.67. The van der Waals surface area contributed by atoms with Gasteiger partial charge in [-0.05, 0) is 43.2 Å². The van der Waals surface area contributed by atoms with E-state index in [1.807, 2.05) is 0 Å². The van der Waals surface area contributed by atoms with Gasteiger partial charge in [0.1, 0.15) is 0 Å². The van der Waals surface area contributed by atoms with Gasteiger partial charge in [0.15, 0.2) is 0 Å². The summed E-state index contributed by atoms with van der Waals surface area (Å²) in [6, 6.07) is 15.8. The van der Waals surface area contributed by atoms with Crippen molar-refractivity contribution in [2.75, 3.05) is 0 Å². The van der Waals surface area contributed by atoms with Crippen LogP contribution >= 0.6 is 0 Å². The molecule has 100 valence electrons. The molecule has 0 atom stereocenters. The lowest BCUT2D eigenvalue weighted by Crippen LogP contribution is -2.40. The predicted molar refractivity (Wildman–Crippen MR) is 87.9 cm³/mol. The summed E-state index contributed by atoms with van der Waals surface area (Å²) in [5, 5.41) is 7.00. The van der Waals surface area contributed by atoms with Gasteiger partial charge in [0.05, 0.1) is 0 Å². The molecule has 0 heterocycles. The highest BCUT2D eigenvalue weighted by atomic mass is 14.4. The molecule has 0 radical (unpaired) electrons. The van der Waals surface area contributed by atoms with E-state index in [9.17, 15) is 0 Å². The molecule has 1 aliphatic carbocycles. The minimum absolute atomic E-state index is 0.151. The minimum Gasteiger partial charge on any atom is -0.0701 e. The van der Waals surface area contributed by atoms with E-state index in [1.54, 1.807) is 0 Å². The van der Waals surface area contributed by atoms with Crippen molar-refractivity contribution in [3.8, 4) is 0 Å². The fraction of sp³-hybridized carbons (Fsp3) is 0.300. The van der Waals surface area contributed by atoms with Crippen LogP contribution in [0.25, 0.3) is 27.6 Å². The average Bonchev–Trinajstić information content (AvgIpc) is 2.40. The second kappa shape index (κ2) is 3.44. The summed E-state index contributed by atoms with van der Waals surface area (Å²) in [6.45, 7) is 9.45. The van der Waals surface area contributed by atoms with E-state index in [1.165, 1.54) is 32.3 Å². The molecule has 0 fully saturated rings. The molecule has 0 saturated carbocycles. The van der Waals surface area contributed by atoms with Gasteiger partial charge in [-0.3, -0.25) is 0 Å². The van der Waals surface area contributed by atoms with Gasteiger partial charge in [0, 0.05) is 0 Å². The Balaban J connectivity index is 2.35. The van der Waals surface area contributed by atoms with E-state index in [4.69, 9.17) is 0 Å².